The summed E-state index contributed by atoms with van der Waals surface area (Å²) in [6.07, 6.45) is 0. The van der Waals surface area contributed by atoms with E-state index in [0.29, 0.717) is 11.5 Å². The van der Waals surface area contributed by atoms with Gasteiger partial charge in [0.25, 0.3) is 11.6 Å². The number of aromatic nitrogens is 2. The van der Waals surface area contributed by atoms with E-state index in [1.54, 1.807) is 12.1 Å². The van der Waals surface area contributed by atoms with Crippen LogP contribution in [0.25, 0.3) is 33.7 Å². The molecule has 0 unspecified atom stereocenters. The third kappa shape index (κ3) is 3.91. The van der Waals surface area contributed by atoms with Crippen LogP contribution in [0.5, 0.6) is 11.5 Å². The molecule has 10 heteroatoms. The van der Waals surface area contributed by atoms with Gasteiger partial charge in [0, 0.05) is 11.6 Å². The van der Waals surface area contributed by atoms with E-state index in [0.717, 1.165) is 28.5 Å². The van der Waals surface area contributed by atoms with E-state index in [9.17, 15) is 20.2 Å². The fourth-order valence-electron chi connectivity index (χ4n) is 3.47. The Morgan fingerprint density at radius 1 is 0.706 bits per heavy atom. The lowest BCUT2D eigenvalue weighted by Crippen LogP contribution is -1.97. The van der Waals surface area contributed by atoms with Gasteiger partial charge in [-0.05, 0) is 41.1 Å². The average molecular weight is 454 g/mol. The monoisotopic (exact) mass is 454 g/mol. The molecule has 0 fully saturated rings. The maximum absolute atomic E-state index is 11.6. The summed E-state index contributed by atoms with van der Waals surface area (Å²) in [5.41, 5.74) is 0.197. The Balaban J connectivity index is 1.64. The Bertz CT molecular complexity index is 1550. The van der Waals surface area contributed by atoms with E-state index in [4.69, 9.17) is 9.15 Å². The number of rotatable bonds is 6. The van der Waals surface area contributed by atoms with Crippen LogP contribution in [-0.4, -0.2) is 20.0 Å². The van der Waals surface area contributed by atoms with Crippen LogP contribution in [0.4, 0.5) is 11.4 Å². The van der Waals surface area contributed by atoms with Crippen molar-refractivity contribution in [1.29, 1.82) is 0 Å². The molecule has 1 aromatic heterocycles. The smallest absolute Gasteiger partial charge is 0.318 e. The van der Waals surface area contributed by atoms with Gasteiger partial charge in [-0.3, -0.25) is 20.2 Å². The van der Waals surface area contributed by atoms with Crippen LogP contribution >= 0.6 is 0 Å². The molecule has 0 saturated carbocycles. The fourth-order valence-corrected chi connectivity index (χ4v) is 3.47. The Kier molecular flexibility index (Phi) is 5.15. The molecule has 0 saturated heterocycles. The summed E-state index contributed by atoms with van der Waals surface area (Å²) < 4.78 is 11.8. The summed E-state index contributed by atoms with van der Waals surface area (Å²) in [6, 6.07) is 23.4. The van der Waals surface area contributed by atoms with Crippen LogP contribution in [-0.2, 0) is 0 Å². The van der Waals surface area contributed by atoms with Crippen molar-refractivity contribution >= 4 is 22.1 Å². The van der Waals surface area contributed by atoms with E-state index in [1.807, 2.05) is 54.6 Å². The van der Waals surface area contributed by atoms with Crippen LogP contribution in [0.15, 0.2) is 89.3 Å². The normalized spacial score (nSPS) is 10.8. The van der Waals surface area contributed by atoms with Gasteiger partial charge in [-0.2, -0.15) is 0 Å². The second-order valence-corrected chi connectivity index (χ2v) is 7.24. The third-order valence-corrected chi connectivity index (χ3v) is 5.09. The number of nitrogens with zero attached hydrogens (tertiary/aromatic N) is 4. The van der Waals surface area contributed by atoms with E-state index < -0.39 is 21.2 Å². The predicted octanol–water partition coefficient (Wildman–Crippen LogP) is 6.17. The first-order valence-corrected chi connectivity index (χ1v) is 10.0. The second-order valence-electron chi connectivity index (χ2n) is 7.24. The number of benzene rings is 4. The molecule has 5 rings (SSSR count). The highest BCUT2D eigenvalue weighted by molar-refractivity contribution is 5.89. The minimum atomic E-state index is -0.733. The van der Waals surface area contributed by atoms with Gasteiger partial charge >= 0.3 is 5.69 Å². The first kappa shape index (κ1) is 20.8. The molecular weight excluding hydrogens is 440 g/mol. The van der Waals surface area contributed by atoms with Gasteiger partial charge in [0.1, 0.15) is 5.75 Å². The molecule has 4 aromatic carbocycles. The third-order valence-electron chi connectivity index (χ3n) is 5.09. The predicted molar refractivity (Wildman–Crippen MR) is 123 cm³/mol. The first-order chi connectivity index (χ1) is 16.5. The Morgan fingerprint density at radius 2 is 1.38 bits per heavy atom. The SMILES string of the molecule is O=[N+]([O-])c1ccc(Oc2cc3ccccc3cc2-c2nnc(-c3ccccc3)o2)c([N+](=O)[O-])c1. The molecular formula is C24H14N4O6. The lowest BCUT2D eigenvalue weighted by atomic mass is 10.1. The molecule has 166 valence electrons. The molecule has 0 spiro atoms. The second kappa shape index (κ2) is 8.43. The molecule has 0 amide bonds. The molecule has 34 heavy (non-hydrogen) atoms. The Labute approximate surface area is 191 Å². The van der Waals surface area contributed by atoms with Gasteiger partial charge in [0.2, 0.25) is 11.6 Å². The van der Waals surface area contributed by atoms with Gasteiger partial charge in [-0.15, -0.1) is 10.2 Å². The molecule has 0 bridgehead atoms. The summed E-state index contributed by atoms with van der Waals surface area (Å²) in [6.45, 7) is 0. The van der Waals surface area contributed by atoms with Crippen molar-refractivity contribution in [2.45, 2.75) is 0 Å². The van der Waals surface area contributed by atoms with Crippen molar-refractivity contribution in [1.82, 2.24) is 10.2 Å². The van der Waals surface area contributed by atoms with Gasteiger partial charge in [-0.25, -0.2) is 0 Å². The Morgan fingerprint density at radius 3 is 2.09 bits per heavy atom. The number of nitro benzene ring substituents is 2. The standard InChI is InChI=1S/C24H14N4O6/c29-27(30)18-10-11-21(20(14-18)28(31)32)33-22-13-17-9-5-4-8-16(17)12-19(22)24-26-25-23(34-24)15-6-2-1-3-7-15/h1-14H. The lowest BCUT2D eigenvalue weighted by Gasteiger charge is -2.11. The average Bonchev–Trinajstić information content (AvgIpc) is 3.34. The zero-order valence-corrected chi connectivity index (χ0v) is 17.3. The van der Waals surface area contributed by atoms with Gasteiger partial charge < -0.3 is 9.15 Å². The van der Waals surface area contributed by atoms with Crippen molar-refractivity contribution in [3.63, 3.8) is 0 Å². The van der Waals surface area contributed by atoms with Gasteiger partial charge in [-0.1, -0.05) is 42.5 Å². The zero-order valence-electron chi connectivity index (χ0n) is 17.3. The number of nitro groups is 2. The molecule has 0 radical (unpaired) electrons. The highest BCUT2D eigenvalue weighted by Crippen LogP contribution is 2.40. The summed E-state index contributed by atoms with van der Waals surface area (Å²) >= 11 is 0. The van der Waals surface area contributed by atoms with Gasteiger partial charge in [0.05, 0.1) is 21.5 Å². The number of fused-ring (bicyclic) bond motifs is 1. The number of ether oxygens (including phenoxy) is 1. The minimum Gasteiger partial charge on any atom is -0.449 e. The van der Waals surface area contributed by atoms with Crippen LogP contribution < -0.4 is 4.74 Å². The summed E-state index contributed by atoms with van der Waals surface area (Å²) in [4.78, 5) is 21.2. The first-order valence-electron chi connectivity index (χ1n) is 10.0. The van der Waals surface area contributed by atoms with Crippen molar-refractivity contribution in [2.24, 2.45) is 0 Å². The largest absolute Gasteiger partial charge is 0.449 e. The number of hydrogen-bond acceptors (Lipinski definition) is 8. The topological polar surface area (TPSA) is 134 Å². The summed E-state index contributed by atoms with van der Waals surface area (Å²) in [7, 11) is 0. The molecule has 0 N–H and O–H groups in total. The molecule has 0 aliphatic heterocycles. The van der Waals surface area contributed by atoms with E-state index in [2.05, 4.69) is 10.2 Å². The molecule has 10 nitrogen and oxygen atoms in total. The van der Waals surface area contributed by atoms with Crippen molar-refractivity contribution < 1.29 is 19.0 Å². The molecule has 0 atom stereocenters. The van der Waals surface area contributed by atoms with Crippen LogP contribution in [0.1, 0.15) is 0 Å². The van der Waals surface area contributed by atoms with E-state index >= 15 is 0 Å². The van der Waals surface area contributed by atoms with Crippen LogP contribution in [0, 0.1) is 20.2 Å². The minimum absolute atomic E-state index is 0.157. The van der Waals surface area contributed by atoms with E-state index in [1.165, 1.54) is 6.07 Å². The summed E-state index contributed by atoms with van der Waals surface area (Å²) in [5.74, 6) is 0.522. The molecule has 0 aliphatic rings. The molecule has 5 aromatic rings. The molecule has 0 aliphatic carbocycles. The van der Waals surface area contributed by atoms with E-state index in [-0.39, 0.29) is 17.4 Å². The van der Waals surface area contributed by atoms with Crippen LogP contribution in [0.2, 0.25) is 0 Å². The number of hydrogen-bond donors (Lipinski definition) is 0. The highest BCUT2D eigenvalue weighted by Gasteiger charge is 2.24. The van der Waals surface area contributed by atoms with Crippen molar-refractivity contribution in [3.05, 3.63) is 105 Å². The van der Waals surface area contributed by atoms with Crippen LogP contribution in [0.3, 0.4) is 0 Å². The Hall–Kier alpha value is -5.12. The molecule has 1 heterocycles. The van der Waals surface area contributed by atoms with Crippen molar-refractivity contribution in [3.8, 4) is 34.4 Å². The maximum Gasteiger partial charge on any atom is 0.318 e. The summed E-state index contributed by atoms with van der Waals surface area (Å²) in [5, 5.41) is 32.6. The number of non-ortho nitro benzene ring substituents is 1. The zero-order chi connectivity index (χ0) is 23.7. The lowest BCUT2D eigenvalue weighted by molar-refractivity contribution is -0.394. The quantitative estimate of drug-likeness (QED) is 0.220. The maximum atomic E-state index is 11.6. The fraction of sp³-hybridized carbons (Fsp3) is 0. The van der Waals surface area contributed by atoms with Gasteiger partial charge in [0.15, 0.2) is 0 Å². The highest BCUT2D eigenvalue weighted by atomic mass is 16.6. The van der Waals surface area contributed by atoms with Crippen molar-refractivity contribution in [2.75, 3.05) is 0 Å².